The van der Waals surface area contributed by atoms with Crippen molar-refractivity contribution in [3.63, 3.8) is 0 Å². The van der Waals surface area contributed by atoms with Gasteiger partial charge in [0.15, 0.2) is 11.0 Å². The van der Waals surface area contributed by atoms with Crippen molar-refractivity contribution >= 4 is 45.9 Å². The molecule has 14 heteroatoms. The standard InChI is InChI=1S/C39H38ClF4N5O3S/c1-22-18-29(48(19-23-6-11-26(50-2)12-7-23)20-24-8-13-27(51-3)14-9-24)45-35(32(22)39(42,43)44)31-33(40)28-15-10-25-21-52-17-5-16-49(25)37-30(28)36(34(31)41)46-38(47-37)53-4/h6-9,11-14,18,25H,5,10,15-17,19-21H2,1-4H3. The number of anilines is 2. The van der Waals surface area contributed by atoms with Crippen molar-refractivity contribution in [1.82, 2.24) is 15.0 Å². The van der Waals surface area contributed by atoms with Crippen LogP contribution in [0.15, 0.2) is 59.8 Å². The van der Waals surface area contributed by atoms with Crippen LogP contribution in [0.5, 0.6) is 11.5 Å². The summed E-state index contributed by atoms with van der Waals surface area (Å²) in [7, 11) is 3.15. The van der Waals surface area contributed by atoms with Crippen LogP contribution in [0.25, 0.3) is 22.2 Å². The zero-order valence-corrected chi connectivity index (χ0v) is 31.3. The molecular formula is C39H38ClF4N5O3S. The average Bonchev–Trinajstić information content (AvgIpc) is 3.47. The van der Waals surface area contributed by atoms with Gasteiger partial charge in [0.25, 0.3) is 0 Å². The topological polar surface area (TPSA) is 72.8 Å². The van der Waals surface area contributed by atoms with E-state index in [9.17, 15) is 0 Å². The minimum absolute atomic E-state index is 0.0702. The molecule has 0 bridgehead atoms. The number of nitrogens with zero attached hydrogens (tertiary/aromatic N) is 5. The molecule has 5 aromatic rings. The van der Waals surface area contributed by atoms with Gasteiger partial charge in [0.05, 0.1) is 54.1 Å². The highest BCUT2D eigenvalue weighted by Crippen LogP contribution is 2.48. The summed E-state index contributed by atoms with van der Waals surface area (Å²) < 4.78 is 79.2. The lowest BCUT2D eigenvalue weighted by molar-refractivity contribution is -0.137. The minimum atomic E-state index is -4.88. The molecule has 1 saturated heterocycles. The second-order valence-electron chi connectivity index (χ2n) is 13.1. The summed E-state index contributed by atoms with van der Waals surface area (Å²) in [5, 5.41) is 0.595. The van der Waals surface area contributed by atoms with Gasteiger partial charge in [0, 0.05) is 26.2 Å². The van der Waals surface area contributed by atoms with Gasteiger partial charge in [-0.1, -0.05) is 47.6 Å². The molecule has 2 aliphatic rings. The van der Waals surface area contributed by atoms with E-state index < -0.39 is 28.8 Å². The van der Waals surface area contributed by atoms with Gasteiger partial charge in [-0.05, 0) is 85.0 Å². The Bertz CT molecular complexity index is 2090. The SMILES string of the molecule is COc1ccc(CN(Cc2ccc(OC)cc2)c2cc(C)c(C(F)(F)F)c(-c3c(Cl)c4c5c(nc(SC)nc5c3F)N3CCCOCC3CC4)n2)cc1. The Morgan fingerprint density at radius 3 is 2.21 bits per heavy atom. The summed E-state index contributed by atoms with van der Waals surface area (Å²) in [6, 6.07) is 16.1. The highest BCUT2D eigenvalue weighted by molar-refractivity contribution is 7.98. The van der Waals surface area contributed by atoms with E-state index >= 15 is 17.6 Å². The van der Waals surface area contributed by atoms with Crippen LogP contribution in [0.1, 0.15) is 40.7 Å². The maximum Gasteiger partial charge on any atom is 0.418 e. The molecule has 2 aliphatic heterocycles. The third-order valence-electron chi connectivity index (χ3n) is 9.82. The average molecular weight is 768 g/mol. The van der Waals surface area contributed by atoms with Crippen molar-refractivity contribution in [3.05, 3.63) is 93.3 Å². The van der Waals surface area contributed by atoms with Crippen LogP contribution in [-0.4, -0.2) is 61.2 Å². The molecule has 1 fully saturated rings. The first-order valence-corrected chi connectivity index (χ1v) is 18.8. The Balaban J connectivity index is 1.45. The van der Waals surface area contributed by atoms with Crippen LogP contribution in [0, 0.1) is 12.7 Å². The van der Waals surface area contributed by atoms with E-state index in [1.165, 1.54) is 24.8 Å². The van der Waals surface area contributed by atoms with Crippen LogP contribution < -0.4 is 19.3 Å². The van der Waals surface area contributed by atoms with E-state index in [4.69, 9.17) is 30.8 Å². The second-order valence-corrected chi connectivity index (χ2v) is 14.3. The van der Waals surface area contributed by atoms with Gasteiger partial charge in [-0.25, -0.2) is 19.3 Å². The Kier molecular flexibility index (Phi) is 10.6. The lowest BCUT2D eigenvalue weighted by Gasteiger charge is -2.29. The highest BCUT2D eigenvalue weighted by atomic mass is 35.5. The predicted octanol–water partition coefficient (Wildman–Crippen LogP) is 9.30. The third-order valence-corrected chi connectivity index (χ3v) is 10.8. The number of pyridine rings is 1. The van der Waals surface area contributed by atoms with Gasteiger partial charge in [-0.3, -0.25) is 0 Å². The van der Waals surface area contributed by atoms with Crippen molar-refractivity contribution in [2.75, 3.05) is 50.0 Å². The number of thioether (sulfide) groups is 1. The molecule has 7 rings (SSSR count). The molecule has 8 nitrogen and oxygen atoms in total. The molecular weight excluding hydrogens is 730 g/mol. The van der Waals surface area contributed by atoms with Crippen LogP contribution in [0.2, 0.25) is 5.02 Å². The third kappa shape index (κ3) is 7.30. The molecule has 2 aromatic heterocycles. The molecule has 53 heavy (non-hydrogen) atoms. The summed E-state index contributed by atoms with van der Waals surface area (Å²) >= 11 is 8.37. The maximum absolute atomic E-state index is 17.3. The molecule has 3 aromatic carbocycles. The van der Waals surface area contributed by atoms with E-state index in [-0.39, 0.29) is 41.1 Å². The van der Waals surface area contributed by atoms with Gasteiger partial charge in [-0.2, -0.15) is 13.2 Å². The number of aromatic nitrogens is 3. The monoisotopic (exact) mass is 767 g/mol. The lowest BCUT2D eigenvalue weighted by Crippen LogP contribution is -2.37. The van der Waals surface area contributed by atoms with E-state index in [0.717, 1.165) is 17.5 Å². The number of methoxy groups -OCH3 is 2. The molecule has 0 spiro atoms. The fraction of sp³-hybridized carbons (Fsp3) is 0.359. The number of ether oxygens (including phenoxy) is 3. The minimum Gasteiger partial charge on any atom is -0.497 e. The van der Waals surface area contributed by atoms with E-state index in [0.29, 0.717) is 66.0 Å². The molecule has 0 N–H and O–H groups in total. The summed E-state index contributed by atoms with van der Waals surface area (Å²) in [5.41, 5.74) is -0.0431. The van der Waals surface area contributed by atoms with E-state index in [2.05, 4.69) is 14.9 Å². The Morgan fingerprint density at radius 2 is 1.62 bits per heavy atom. The number of benzene rings is 3. The highest BCUT2D eigenvalue weighted by Gasteiger charge is 2.40. The number of hydrogen-bond acceptors (Lipinski definition) is 9. The maximum atomic E-state index is 17.3. The zero-order valence-electron chi connectivity index (χ0n) is 29.7. The molecule has 0 saturated carbocycles. The Labute approximate surface area is 314 Å². The van der Waals surface area contributed by atoms with Crippen LogP contribution >= 0.6 is 23.4 Å². The second kappa shape index (κ2) is 15.2. The number of fused-ring (bicyclic) bond motifs is 2. The summed E-state index contributed by atoms with van der Waals surface area (Å²) in [4.78, 5) is 18.0. The predicted molar refractivity (Wildman–Crippen MR) is 200 cm³/mol. The fourth-order valence-electron chi connectivity index (χ4n) is 7.22. The Hall–Kier alpha value is -4.33. The van der Waals surface area contributed by atoms with Crippen molar-refractivity contribution in [1.29, 1.82) is 0 Å². The Morgan fingerprint density at radius 1 is 0.981 bits per heavy atom. The first-order valence-electron chi connectivity index (χ1n) is 17.2. The van der Waals surface area contributed by atoms with Gasteiger partial charge >= 0.3 is 6.18 Å². The number of aryl methyl sites for hydroxylation is 2. The number of halogens is 5. The number of hydrogen-bond donors (Lipinski definition) is 0. The van der Waals surface area contributed by atoms with Gasteiger partial charge in [0.1, 0.15) is 28.7 Å². The van der Waals surface area contributed by atoms with Crippen LogP contribution in [0.4, 0.5) is 29.2 Å². The van der Waals surface area contributed by atoms with Gasteiger partial charge in [0.2, 0.25) is 0 Å². The van der Waals surface area contributed by atoms with Crippen molar-refractivity contribution < 1.29 is 31.8 Å². The quantitative estimate of drug-likeness (QED) is 0.0829. The first-order chi connectivity index (χ1) is 25.5. The van der Waals surface area contributed by atoms with E-state index in [1.807, 2.05) is 53.4 Å². The molecule has 278 valence electrons. The van der Waals surface area contributed by atoms with Gasteiger partial charge in [-0.15, -0.1) is 0 Å². The summed E-state index contributed by atoms with van der Waals surface area (Å²) in [5.74, 6) is 1.10. The normalized spacial score (nSPS) is 15.9. The molecule has 0 aliphatic carbocycles. The van der Waals surface area contributed by atoms with Crippen molar-refractivity contribution in [2.45, 2.75) is 56.7 Å². The molecule has 1 unspecified atom stereocenters. The van der Waals surface area contributed by atoms with Gasteiger partial charge < -0.3 is 24.0 Å². The van der Waals surface area contributed by atoms with Crippen LogP contribution in [-0.2, 0) is 30.4 Å². The summed E-state index contributed by atoms with van der Waals surface area (Å²) in [6.07, 6.45) is -1.41. The van der Waals surface area contributed by atoms with E-state index in [1.54, 1.807) is 20.5 Å². The number of rotatable bonds is 9. The molecule has 0 radical (unpaired) electrons. The van der Waals surface area contributed by atoms with Crippen LogP contribution in [0.3, 0.4) is 0 Å². The van der Waals surface area contributed by atoms with Crippen molar-refractivity contribution in [3.8, 4) is 22.8 Å². The molecule has 1 atom stereocenters. The number of alkyl halides is 3. The largest absolute Gasteiger partial charge is 0.497 e. The van der Waals surface area contributed by atoms with Crippen molar-refractivity contribution in [2.24, 2.45) is 0 Å². The lowest BCUT2D eigenvalue weighted by atomic mass is 9.94. The molecule has 4 heterocycles. The summed E-state index contributed by atoms with van der Waals surface area (Å²) in [6.45, 7) is 3.59. The zero-order chi connectivity index (χ0) is 37.4. The molecule has 0 amide bonds. The smallest absolute Gasteiger partial charge is 0.418 e. The first kappa shape index (κ1) is 37.0. The fourth-order valence-corrected chi connectivity index (χ4v) is 7.94.